The van der Waals surface area contributed by atoms with E-state index in [0.717, 1.165) is 57.4 Å². The fourth-order valence-electron chi connectivity index (χ4n) is 4.18. The standard InChI is InChI=1S/C21H16B3ClO/c1-9-14(11-6-4-3-5-7-11)21(26)13-8-12-15(16(13)17(9)22)10(2)18(23)20(25)19(12)24/h4,6-7,26H,3,5,8H2,1-2H3. The van der Waals surface area contributed by atoms with Crippen LogP contribution in [-0.4, -0.2) is 28.6 Å². The van der Waals surface area contributed by atoms with E-state index in [0.29, 0.717) is 27.8 Å². The number of fused-ring (bicyclic) bond motifs is 3. The number of phenols is 1. The summed E-state index contributed by atoms with van der Waals surface area (Å²) in [5, 5.41) is 11.5. The Morgan fingerprint density at radius 2 is 1.58 bits per heavy atom. The summed E-state index contributed by atoms with van der Waals surface area (Å²) in [6, 6.07) is 0. The molecule has 1 nitrogen and oxygen atoms in total. The fraction of sp³-hybridized carbons (Fsp3) is 0.238. The Labute approximate surface area is 163 Å². The van der Waals surface area contributed by atoms with Gasteiger partial charge in [0.1, 0.15) is 29.3 Å². The van der Waals surface area contributed by atoms with Gasteiger partial charge in [0, 0.05) is 22.6 Å². The molecule has 0 saturated heterocycles. The highest BCUT2D eigenvalue weighted by Gasteiger charge is 2.31. The Bertz CT molecular complexity index is 1040. The van der Waals surface area contributed by atoms with Crippen LogP contribution in [-0.2, 0) is 6.42 Å². The maximum atomic E-state index is 11.1. The largest absolute Gasteiger partial charge is 0.507 e. The molecule has 122 valence electrons. The van der Waals surface area contributed by atoms with Crippen LogP contribution < -0.4 is 16.4 Å². The zero-order chi connectivity index (χ0) is 18.7. The van der Waals surface area contributed by atoms with Crippen LogP contribution in [0.4, 0.5) is 0 Å². The third kappa shape index (κ3) is 2.28. The lowest BCUT2D eigenvalue weighted by Gasteiger charge is -2.21. The number of halogens is 1. The van der Waals surface area contributed by atoms with Gasteiger partial charge in [0.15, 0.2) is 0 Å². The van der Waals surface area contributed by atoms with E-state index in [1.807, 2.05) is 19.9 Å². The average molecular weight is 352 g/mol. The lowest BCUT2D eigenvalue weighted by molar-refractivity contribution is 0.468. The lowest BCUT2D eigenvalue weighted by atomic mass is 9.75. The van der Waals surface area contributed by atoms with Crippen LogP contribution in [0.15, 0.2) is 18.2 Å². The summed E-state index contributed by atoms with van der Waals surface area (Å²) in [6.07, 6.45) is 8.79. The Kier molecular flexibility index (Phi) is 4.15. The van der Waals surface area contributed by atoms with Gasteiger partial charge in [-0.2, -0.15) is 0 Å². The molecule has 5 heteroatoms. The summed E-state index contributed by atoms with van der Waals surface area (Å²) in [5.74, 6) is 0.272. The zero-order valence-corrected chi connectivity index (χ0v) is 15.7. The number of hydrogen-bond acceptors (Lipinski definition) is 1. The normalized spacial score (nSPS) is 15.0. The van der Waals surface area contributed by atoms with E-state index >= 15 is 0 Å². The monoisotopic (exact) mass is 352 g/mol. The van der Waals surface area contributed by atoms with Crippen molar-refractivity contribution in [2.24, 2.45) is 0 Å². The molecule has 0 heterocycles. The molecule has 1 N–H and O–H groups in total. The second-order valence-corrected chi connectivity index (χ2v) is 7.43. The van der Waals surface area contributed by atoms with Crippen LogP contribution in [0.1, 0.15) is 40.7 Å². The molecule has 2 aliphatic rings. The third-order valence-corrected chi connectivity index (χ3v) is 6.05. The first-order chi connectivity index (χ1) is 12.3. The highest BCUT2D eigenvalue weighted by atomic mass is 35.5. The number of allylic oxidation sites excluding steroid dienone is 4. The average Bonchev–Trinajstić information content (AvgIpc) is 3.05. The van der Waals surface area contributed by atoms with Crippen molar-refractivity contribution in [1.82, 2.24) is 0 Å². The molecule has 0 fully saturated rings. The molecule has 0 amide bonds. The highest BCUT2D eigenvalue weighted by molar-refractivity contribution is 6.54. The number of aromatic hydroxyl groups is 1. The summed E-state index contributed by atoms with van der Waals surface area (Å²) in [7, 11) is 19.0. The number of phenolic OH excluding ortho intramolecular Hbond substituents is 1. The molecule has 0 atom stereocenters. The zero-order valence-electron chi connectivity index (χ0n) is 14.9. The highest BCUT2D eigenvalue weighted by Crippen LogP contribution is 2.45. The van der Waals surface area contributed by atoms with Crippen LogP contribution in [0.2, 0.25) is 5.02 Å². The molecule has 26 heavy (non-hydrogen) atoms. The van der Waals surface area contributed by atoms with Gasteiger partial charge in [-0.1, -0.05) is 46.2 Å². The van der Waals surface area contributed by atoms with Crippen molar-refractivity contribution in [3.63, 3.8) is 0 Å². The van der Waals surface area contributed by atoms with Crippen LogP contribution in [0.5, 0.6) is 5.75 Å². The van der Waals surface area contributed by atoms with Gasteiger partial charge >= 0.3 is 0 Å². The summed E-state index contributed by atoms with van der Waals surface area (Å²) < 4.78 is 0. The molecule has 0 aromatic heterocycles. The van der Waals surface area contributed by atoms with Crippen molar-refractivity contribution in [2.45, 2.75) is 33.1 Å². The number of rotatable bonds is 1. The summed E-state index contributed by atoms with van der Waals surface area (Å²) in [5.41, 5.74) is 8.59. The van der Waals surface area contributed by atoms with Crippen molar-refractivity contribution < 1.29 is 5.11 Å². The number of hydrogen-bond donors (Lipinski definition) is 1. The maximum absolute atomic E-state index is 11.1. The first-order valence-corrected chi connectivity index (χ1v) is 9.09. The van der Waals surface area contributed by atoms with E-state index < -0.39 is 0 Å². The molecule has 2 aromatic rings. The van der Waals surface area contributed by atoms with Gasteiger partial charge in [0.05, 0.1) is 0 Å². The van der Waals surface area contributed by atoms with Gasteiger partial charge < -0.3 is 5.11 Å². The minimum Gasteiger partial charge on any atom is -0.507 e. The van der Waals surface area contributed by atoms with Crippen molar-refractivity contribution >= 4 is 57.1 Å². The van der Waals surface area contributed by atoms with Crippen LogP contribution in [0.25, 0.3) is 16.7 Å². The van der Waals surface area contributed by atoms with E-state index in [1.54, 1.807) is 0 Å². The molecule has 6 radical (unpaired) electrons. The molecule has 4 rings (SSSR count). The van der Waals surface area contributed by atoms with E-state index in [9.17, 15) is 5.11 Å². The SMILES string of the molecule is [B]c1c(C)c2c(c([B])c1Cl)Cc1c(O)c(C3=CCCC=C3)c(C)c([B])c1-2. The van der Waals surface area contributed by atoms with Crippen LogP contribution in [0, 0.1) is 13.8 Å². The minimum atomic E-state index is 0.272. The second kappa shape index (κ2) is 6.13. The first kappa shape index (κ1) is 17.6. The van der Waals surface area contributed by atoms with Crippen molar-refractivity contribution in [2.75, 3.05) is 0 Å². The second-order valence-electron chi connectivity index (χ2n) is 7.05. The summed E-state index contributed by atoms with van der Waals surface area (Å²) in [6.45, 7) is 3.87. The molecule has 2 aromatic carbocycles. The Morgan fingerprint density at radius 1 is 0.885 bits per heavy atom. The number of benzene rings is 2. The van der Waals surface area contributed by atoms with Gasteiger partial charge in [-0.15, -0.1) is 0 Å². The van der Waals surface area contributed by atoms with Gasteiger partial charge in [0.25, 0.3) is 0 Å². The van der Waals surface area contributed by atoms with Crippen molar-refractivity contribution in [3.05, 3.63) is 51.1 Å². The third-order valence-electron chi connectivity index (χ3n) is 5.64. The van der Waals surface area contributed by atoms with Gasteiger partial charge in [-0.25, -0.2) is 0 Å². The summed E-state index contributed by atoms with van der Waals surface area (Å²) >= 11 is 6.31. The molecule has 0 spiro atoms. The van der Waals surface area contributed by atoms with Crippen LogP contribution in [0.3, 0.4) is 0 Å². The van der Waals surface area contributed by atoms with Crippen LogP contribution >= 0.6 is 11.6 Å². The fourth-order valence-corrected chi connectivity index (χ4v) is 4.43. The molecule has 0 saturated carbocycles. The van der Waals surface area contributed by atoms with Gasteiger partial charge in [0.2, 0.25) is 0 Å². The first-order valence-electron chi connectivity index (χ1n) is 8.71. The maximum Gasteiger partial charge on any atom is 0.127 e. The van der Waals surface area contributed by atoms with Crippen molar-refractivity contribution in [3.8, 4) is 16.9 Å². The minimum absolute atomic E-state index is 0.272. The molecule has 0 unspecified atom stereocenters. The van der Waals surface area contributed by atoms with E-state index in [1.165, 1.54) is 0 Å². The van der Waals surface area contributed by atoms with E-state index in [-0.39, 0.29) is 5.75 Å². The predicted molar refractivity (Wildman–Crippen MR) is 113 cm³/mol. The smallest absolute Gasteiger partial charge is 0.127 e. The van der Waals surface area contributed by atoms with E-state index in [4.69, 9.17) is 35.1 Å². The topological polar surface area (TPSA) is 20.2 Å². The molecule has 2 aliphatic carbocycles. The van der Waals surface area contributed by atoms with E-state index in [2.05, 4.69) is 12.2 Å². The lowest BCUT2D eigenvalue weighted by Crippen LogP contribution is -2.24. The van der Waals surface area contributed by atoms with Crippen molar-refractivity contribution in [1.29, 1.82) is 0 Å². The van der Waals surface area contributed by atoms with Gasteiger partial charge in [-0.3, -0.25) is 0 Å². The predicted octanol–water partition coefficient (Wildman–Crippen LogP) is 2.35. The Morgan fingerprint density at radius 3 is 2.23 bits per heavy atom. The molecule has 0 aliphatic heterocycles. The Balaban J connectivity index is 2.05. The van der Waals surface area contributed by atoms with Gasteiger partial charge in [-0.05, 0) is 60.1 Å². The molecular weight excluding hydrogens is 336 g/mol. The Hall–Kier alpha value is -1.80. The molecular formula is C21H16B3ClO. The quantitative estimate of drug-likeness (QED) is 0.667. The molecule has 0 bridgehead atoms. The summed E-state index contributed by atoms with van der Waals surface area (Å²) in [4.78, 5) is 0.